The standard InChI is InChI=1S/C23H26N2O5/c1-14-10-19(29-3)20(30-4)12-16(14)13-25-21(26)23(24-22(25)27)9-5-6-15-11-17(28-2)7-8-18(15)23/h7-8,10-12H,5-6,9,13H2,1-4H3,(H,24,27). The highest BCUT2D eigenvalue weighted by atomic mass is 16.5. The molecule has 2 aromatic carbocycles. The minimum absolute atomic E-state index is 0.171. The second kappa shape index (κ2) is 7.55. The first kappa shape index (κ1) is 20.1. The number of rotatable bonds is 5. The molecule has 0 saturated carbocycles. The van der Waals surface area contributed by atoms with E-state index in [1.165, 1.54) is 4.90 Å². The number of amides is 3. The quantitative estimate of drug-likeness (QED) is 0.766. The van der Waals surface area contributed by atoms with Crippen molar-refractivity contribution in [3.8, 4) is 17.2 Å². The minimum Gasteiger partial charge on any atom is -0.497 e. The number of carbonyl (C=O) groups excluding carboxylic acids is 2. The van der Waals surface area contributed by atoms with Crippen LogP contribution in [0.1, 0.15) is 35.1 Å². The number of aryl methyl sites for hydroxylation is 2. The molecule has 4 rings (SSSR count). The molecule has 1 unspecified atom stereocenters. The summed E-state index contributed by atoms with van der Waals surface area (Å²) in [6.07, 6.45) is 2.25. The van der Waals surface area contributed by atoms with Gasteiger partial charge in [-0.25, -0.2) is 4.79 Å². The molecule has 1 N–H and O–H groups in total. The van der Waals surface area contributed by atoms with Crippen LogP contribution in [0.3, 0.4) is 0 Å². The molecule has 1 fully saturated rings. The highest BCUT2D eigenvalue weighted by Crippen LogP contribution is 2.42. The van der Waals surface area contributed by atoms with Gasteiger partial charge in [0, 0.05) is 0 Å². The maximum atomic E-state index is 13.6. The third kappa shape index (κ3) is 3.05. The highest BCUT2D eigenvalue weighted by molar-refractivity contribution is 6.07. The fraction of sp³-hybridized carbons (Fsp3) is 0.391. The number of hydrogen-bond donors (Lipinski definition) is 1. The molecule has 30 heavy (non-hydrogen) atoms. The number of methoxy groups -OCH3 is 3. The lowest BCUT2D eigenvalue weighted by atomic mass is 9.76. The molecular formula is C23H26N2O5. The highest BCUT2D eigenvalue weighted by Gasteiger charge is 2.54. The summed E-state index contributed by atoms with van der Waals surface area (Å²) in [4.78, 5) is 27.8. The Kier molecular flexibility index (Phi) is 5.05. The maximum absolute atomic E-state index is 13.6. The molecule has 7 heteroatoms. The van der Waals surface area contributed by atoms with Crippen molar-refractivity contribution in [3.63, 3.8) is 0 Å². The van der Waals surface area contributed by atoms with E-state index in [0.29, 0.717) is 17.9 Å². The molecule has 1 aliphatic carbocycles. The predicted octanol–water partition coefficient (Wildman–Crippen LogP) is 3.30. The second-order valence-corrected chi connectivity index (χ2v) is 7.74. The lowest BCUT2D eigenvalue weighted by molar-refractivity contribution is -0.132. The predicted molar refractivity (Wildman–Crippen MR) is 111 cm³/mol. The number of ether oxygens (including phenoxy) is 3. The molecular weight excluding hydrogens is 384 g/mol. The Bertz CT molecular complexity index is 1020. The fourth-order valence-corrected chi connectivity index (χ4v) is 4.48. The zero-order valence-corrected chi connectivity index (χ0v) is 17.7. The molecule has 1 atom stereocenters. The van der Waals surface area contributed by atoms with E-state index in [0.717, 1.165) is 40.8 Å². The first-order valence-corrected chi connectivity index (χ1v) is 9.96. The Labute approximate surface area is 175 Å². The Morgan fingerprint density at radius 3 is 2.47 bits per heavy atom. The third-order valence-corrected chi connectivity index (χ3v) is 6.12. The van der Waals surface area contributed by atoms with Crippen LogP contribution < -0.4 is 19.5 Å². The molecule has 0 radical (unpaired) electrons. The monoisotopic (exact) mass is 410 g/mol. The Morgan fingerprint density at radius 1 is 1.03 bits per heavy atom. The van der Waals surface area contributed by atoms with Gasteiger partial charge in [0.25, 0.3) is 5.91 Å². The molecule has 0 aromatic heterocycles. The number of fused-ring (bicyclic) bond motifs is 2. The van der Waals surface area contributed by atoms with Crippen molar-refractivity contribution in [1.82, 2.24) is 10.2 Å². The number of benzene rings is 2. The number of nitrogens with zero attached hydrogens (tertiary/aromatic N) is 1. The normalized spacial score (nSPS) is 20.2. The summed E-state index contributed by atoms with van der Waals surface area (Å²) in [5, 5.41) is 2.99. The molecule has 1 spiro atoms. The molecule has 1 saturated heterocycles. The smallest absolute Gasteiger partial charge is 0.325 e. The first-order chi connectivity index (χ1) is 14.4. The zero-order valence-electron chi connectivity index (χ0n) is 17.7. The van der Waals surface area contributed by atoms with E-state index in [1.807, 2.05) is 37.3 Å². The van der Waals surface area contributed by atoms with Gasteiger partial charge in [-0.15, -0.1) is 0 Å². The second-order valence-electron chi connectivity index (χ2n) is 7.74. The van der Waals surface area contributed by atoms with Crippen LogP contribution >= 0.6 is 0 Å². The van der Waals surface area contributed by atoms with Crippen molar-refractivity contribution in [1.29, 1.82) is 0 Å². The molecule has 2 aromatic rings. The van der Waals surface area contributed by atoms with Crippen LogP contribution in [0.5, 0.6) is 17.2 Å². The summed E-state index contributed by atoms with van der Waals surface area (Å²) >= 11 is 0. The van der Waals surface area contributed by atoms with Crippen molar-refractivity contribution in [2.24, 2.45) is 0 Å². The van der Waals surface area contributed by atoms with Gasteiger partial charge in [-0.2, -0.15) is 0 Å². The van der Waals surface area contributed by atoms with Gasteiger partial charge >= 0.3 is 6.03 Å². The Morgan fingerprint density at radius 2 is 1.77 bits per heavy atom. The number of hydrogen-bond acceptors (Lipinski definition) is 5. The summed E-state index contributed by atoms with van der Waals surface area (Å²) < 4.78 is 16.1. The summed E-state index contributed by atoms with van der Waals surface area (Å²) in [5.74, 6) is 1.71. The van der Waals surface area contributed by atoms with Gasteiger partial charge in [-0.1, -0.05) is 6.07 Å². The molecule has 1 aliphatic heterocycles. The average Bonchev–Trinajstić information content (AvgIpc) is 2.99. The number of carbonyl (C=O) groups is 2. The van der Waals surface area contributed by atoms with E-state index in [2.05, 4.69) is 5.32 Å². The average molecular weight is 410 g/mol. The first-order valence-electron chi connectivity index (χ1n) is 9.96. The van der Waals surface area contributed by atoms with E-state index < -0.39 is 5.54 Å². The molecule has 2 aliphatic rings. The van der Waals surface area contributed by atoms with Gasteiger partial charge in [0.2, 0.25) is 0 Å². The lowest BCUT2D eigenvalue weighted by Gasteiger charge is -2.33. The molecule has 3 amide bonds. The van der Waals surface area contributed by atoms with Gasteiger partial charge in [0.15, 0.2) is 11.5 Å². The number of nitrogens with one attached hydrogen (secondary N) is 1. The van der Waals surface area contributed by atoms with Crippen molar-refractivity contribution < 1.29 is 23.8 Å². The zero-order chi connectivity index (χ0) is 21.5. The molecule has 0 bridgehead atoms. The van der Waals surface area contributed by atoms with Gasteiger partial charge in [-0.3, -0.25) is 9.69 Å². The largest absolute Gasteiger partial charge is 0.497 e. The fourth-order valence-electron chi connectivity index (χ4n) is 4.48. The minimum atomic E-state index is -1.01. The van der Waals surface area contributed by atoms with Crippen LogP contribution in [0.4, 0.5) is 4.79 Å². The van der Waals surface area contributed by atoms with Gasteiger partial charge in [0.1, 0.15) is 11.3 Å². The van der Waals surface area contributed by atoms with Gasteiger partial charge < -0.3 is 19.5 Å². The molecule has 7 nitrogen and oxygen atoms in total. The number of urea groups is 1. The van der Waals surface area contributed by atoms with Crippen molar-refractivity contribution >= 4 is 11.9 Å². The summed E-state index contributed by atoms with van der Waals surface area (Å²) in [7, 11) is 4.76. The topological polar surface area (TPSA) is 77.1 Å². The van der Waals surface area contributed by atoms with Crippen LogP contribution in [0.15, 0.2) is 30.3 Å². The van der Waals surface area contributed by atoms with Gasteiger partial charge in [0.05, 0.1) is 27.9 Å². The van der Waals surface area contributed by atoms with Crippen LogP contribution in [-0.2, 0) is 23.3 Å². The van der Waals surface area contributed by atoms with Crippen molar-refractivity contribution in [2.45, 2.75) is 38.3 Å². The molecule has 1 heterocycles. The Balaban J connectivity index is 1.68. The van der Waals surface area contributed by atoms with Crippen molar-refractivity contribution in [3.05, 3.63) is 52.6 Å². The SMILES string of the molecule is COc1ccc2c(c1)CCCC21NC(=O)N(Cc2cc(OC)c(OC)cc2C)C1=O. The van der Waals surface area contributed by atoms with Crippen LogP contribution in [0, 0.1) is 6.92 Å². The van der Waals surface area contributed by atoms with Crippen molar-refractivity contribution in [2.75, 3.05) is 21.3 Å². The van der Waals surface area contributed by atoms with E-state index in [1.54, 1.807) is 21.3 Å². The number of imide groups is 1. The maximum Gasteiger partial charge on any atom is 0.325 e. The van der Waals surface area contributed by atoms with Crippen LogP contribution in [-0.4, -0.2) is 38.2 Å². The summed E-state index contributed by atoms with van der Waals surface area (Å²) in [5.41, 5.74) is 2.64. The van der Waals surface area contributed by atoms with Crippen LogP contribution in [0.25, 0.3) is 0 Å². The van der Waals surface area contributed by atoms with Crippen LogP contribution in [0.2, 0.25) is 0 Å². The molecule has 158 valence electrons. The summed E-state index contributed by atoms with van der Waals surface area (Å²) in [6.45, 7) is 2.10. The van der Waals surface area contributed by atoms with E-state index >= 15 is 0 Å². The van der Waals surface area contributed by atoms with Gasteiger partial charge in [-0.05, 0) is 72.7 Å². The van der Waals surface area contributed by atoms with E-state index in [-0.39, 0.29) is 18.5 Å². The lowest BCUT2D eigenvalue weighted by Crippen LogP contribution is -2.46. The summed E-state index contributed by atoms with van der Waals surface area (Å²) in [6, 6.07) is 8.99. The van der Waals surface area contributed by atoms with E-state index in [4.69, 9.17) is 14.2 Å². The van der Waals surface area contributed by atoms with E-state index in [9.17, 15) is 9.59 Å². The Hall–Kier alpha value is -3.22. The third-order valence-electron chi connectivity index (χ3n) is 6.12.